The summed E-state index contributed by atoms with van der Waals surface area (Å²) < 4.78 is 38.1. The van der Waals surface area contributed by atoms with Gasteiger partial charge in [-0.1, -0.05) is 17.4 Å². The predicted octanol–water partition coefficient (Wildman–Crippen LogP) is 4.22. The first-order valence-electron chi connectivity index (χ1n) is 5.84. The zero-order valence-electron chi connectivity index (χ0n) is 11.1. The maximum atomic E-state index is 12.7. The van der Waals surface area contributed by atoms with Gasteiger partial charge in [-0.05, 0) is 31.5 Å². The van der Waals surface area contributed by atoms with E-state index in [9.17, 15) is 18.0 Å². The fraction of sp³-hybridized carbons (Fsp3) is 0.231. The number of anilines is 2. The first-order chi connectivity index (χ1) is 9.68. The van der Waals surface area contributed by atoms with E-state index in [0.717, 1.165) is 23.5 Å². The molecule has 112 valence electrons. The standard InChI is InChI=1S/C13H11F3N2O2S/c1-6-3-4-8(13(14,15)16)5-9(6)18-12-17-7(2)10(21-12)11(19)20/h3-5H,1-2H3,(H,17,18)(H,19,20). The molecule has 0 aliphatic heterocycles. The number of nitrogens with zero attached hydrogens (tertiary/aromatic N) is 1. The van der Waals surface area contributed by atoms with Crippen LogP contribution in [0.15, 0.2) is 18.2 Å². The van der Waals surface area contributed by atoms with Crippen molar-refractivity contribution in [2.45, 2.75) is 20.0 Å². The monoisotopic (exact) mass is 316 g/mol. The van der Waals surface area contributed by atoms with Gasteiger partial charge in [0.15, 0.2) is 5.13 Å². The summed E-state index contributed by atoms with van der Waals surface area (Å²) in [6.07, 6.45) is -4.44. The molecule has 0 aliphatic rings. The minimum atomic E-state index is -4.44. The Kier molecular flexibility index (Phi) is 3.91. The Hall–Kier alpha value is -2.09. The Morgan fingerprint density at radius 1 is 1.33 bits per heavy atom. The molecule has 0 amide bonds. The minimum Gasteiger partial charge on any atom is -0.477 e. The van der Waals surface area contributed by atoms with Crippen LogP contribution in [0, 0.1) is 13.8 Å². The number of carboxylic acids is 1. The van der Waals surface area contributed by atoms with Crippen LogP contribution in [0.2, 0.25) is 0 Å². The van der Waals surface area contributed by atoms with Crippen LogP contribution in [0.3, 0.4) is 0 Å². The van der Waals surface area contributed by atoms with E-state index in [1.807, 2.05) is 0 Å². The largest absolute Gasteiger partial charge is 0.477 e. The zero-order chi connectivity index (χ0) is 15.8. The second-order valence-electron chi connectivity index (χ2n) is 4.39. The minimum absolute atomic E-state index is 0.0575. The predicted molar refractivity (Wildman–Crippen MR) is 73.3 cm³/mol. The van der Waals surface area contributed by atoms with E-state index >= 15 is 0 Å². The van der Waals surface area contributed by atoms with Crippen molar-refractivity contribution in [2.24, 2.45) is 0 Å². The lowest BCUT2D eigenvalue weighted by atomic mass is 10.1. The highest BCUT2D eigenvalue weighted by atomic mass is 32.1. The number of halogens is 3. The summed E-state index contributed by atoms with van der Waals surface area (Å²) in [5.41, 5.74) is 0.394. The number of hydrogen-bond acceptors (Lipinski definition) is 4. The Morgan fingerprint density at radius 3 is 2.52 bits per heavy atom. The third-order valence-electron chi connectivity index (χ3n) is 2.80. The first kappa shape index (κ1) is 15.3. The molecule has 0 aliphatic carbocycles. The second-order valence-corrected chi connectivity index (χ2v) is 5.39. The summed E-state index contributed by atoms with van der Waals surface area (Å²) in [6, 6.07) is 3.33. The normalized spacial score (nSPS) is 11.5. The number of nitrogens with one attached hydrogen (secondary N) is 1. The summed E-state index contributed by atoms with van der Waals surface area (Å²) in [6.45, 7) is 3.19. The molecule has 0 saturated heterocycles. The molecule has 0 radical (unpaired) electrons. The van der Waals surface area contributed by atoms with Gasteiger partial charge in [0.05, 0.1) is 11.3 Å². The molecule has 1 aromatic heterocycles. The Bertz CT molecular complexity index is 695. The third kappa shape index (κ3) is 3.33. The highest BCUT2D eigenvalue weighted by Crippen LogP contribution is 2.34. The fourth-order valence-electron chi connectivity index (χ4n) is 1.70. The number of hydrogen-bond donors (Lipinski definition) is 2. The number of aryl methyl sites for hydroxylation is 2. The van der Waals surface area contributed by atoms with E-state index in [0.29, 0.717) is 11.3 Å². The van der Waals surface area contributed by atoms with Crippen molar-refractivity contribution >= 4 is 28.1 Å². The van der Waals surface area contributed by atoms with E-state index < -0.39 is 17.7 Å². The van der Waals surface area contributed by atoms with Gasteiger partial charge in [0.25, 0.3) is 0 Å². The van der Waals surface area contributed by atoms with Crippen LogP contribution in [0.25, 0.3) is 0 Å². The van der Waals surface area contributed by atoms with Crippen molar-refractivity contribution in [1.29, 1.82) is 0 Å². The fourth-order valence-corrected chi connectivity index (χ4v) is 2.51. The summed E-state index contributed by atoms with van der Waals surface area (Å²) in [4.78, 5) is 15.0. The molecule has 1 heterocycles. The summed E-state index contributed by atoms with van der Waals surface area (Å²) in [5, 5.41) is 11.9. The highest BCUT2D eigenvalue weighted by Gasteiger charge is 2.30. The molecule has 2 aromatic rings. The van der Waals surface area contributed by atoms with Crippen LogP contribution in [0.1, 0.15) is 26.5 Å². The number of alkyl halides is 3. The van der Waals surface area contributed by atoms with Crippen LogP contribution in [0.5, 0.6) is 0 Å². The van der Waals surface area contributed by atoms with Crippen molar-refractivity contribution in [3.63, 3.8) is 0 Å². The van der Waals surface area contributed by atoms with Crippen LogP contribution in [-0.2, 0) is 6.18 Å². The molecule has 2 rings (SSSR count). The molecule has 0 atom stereocenters. The van der Waals surface area contributed by atoms with Crippen molar-refractivity contribution in [1.82, 2.24) is 4.98 Å². The zero-order valence-corrected chi connectivity index (χ0v) is 11.9. The number of aromatic nitrogens is 1. The molecule has 0 spiro atoms. The van der Waals surface area contributed by atoms with Crippen molar-refractivity contribution in [3.05, 3.63) is 39.9 Å². The number of benzene rings is 1. The number of rotatable bonds is 3. The lowest BCUT2D eigenvalue weighted by molar-refractivity contribution is -0.137. The first-order valence-corrected chi connectivity index (χ1v) is 6.65. The van der Waals surface area contributed by atoms with Crippen molar-refractivity contribution < 1.29 is 23.1 Å². The summed E-state index contributed by atoms with van der Waals surface area (Å²) >= 11 is 0.881. The lowest BCUT2D eigenvalue weighted by Gasteiger charge is -2.11. The summed E-state index contributed by atoms with van der Waals surface area (Å²) in [7, 11) is 0. The topological polar surface area (TPSA) is 62.2 Å². The third-order valence-corrected chi connectivity index (χ3v) is 3.86. The van der Waals surface area contributed by atoms with Gasteiger partial charge in [-0.15, -0.1) is 0 Å². The Balaban J connectivity index is 2.35. The van der Waals surface area contributed by atoms with Crippen LogP contribution < -0.4 is 5.32 Å². The van der Waals surface area contributed by atoms with Gasteiger partial charge in [0.2, 0.25) is 0 Å². The van der Waals surface area contributed by atoms with Gasteiger partial charge in [0.1, 0.15) is 4.88 Å². The average molecular weight is 316 g/mol. The van der Waals surface area contributed by atoms with Crippen molar-refractivity contribution in [2.75, 3.05) is 5.32 Å². The molecule has 0 bridgehead atoms. The maximum absolute atomic E-state index is 12.7. The van der Waals surface area contributed by atoms with Gasteiger partial charge in [-0.2, -0.15) is 13.2 Å². The SMILES string of the molecule is Cc1ccc(C(F)(F)F)cc1Nc1nc(C)c(C(=O)O)s1. The Labute approximate surface area is 122 Å². The van der Waals surface area contributed by atoms with E-state index in [4.69, 9.17) is 5.11 Å². The molecule has 2 N–H and O–H groups in total. The molecule has 0 saturated carbocycles. The van der Waals surface area contributed by atoms with E-state index in [-0.39, 0.29) is 15.7 Å². The van der Waals surface area contributed by atoms with Gasteiger partial charge < -0.3 is 10.4 Å². The molecular formula is C13H11F3N2O2S. The van der Waals surface area contributed by atoms with Gasteiger partial charge >= 0.3 is 12.1 Å². The molecule has 0 unspecified atom stereocenters. The quantitative estimate of drug-likeness (QED) is 0.890. The highest BCUT2D eigenvalue weighted by molar-refractivity contribution is 7.17. The average Bonchev–Trinajstić information content (AvgIpc) is 2.72. The molecule has 0 fully saturated rings. The molecule has 4 nitrogen and oxygen atoms in total. The van der Waals surface area contributed by atoms with Crippen LogP contribution in [0.4, 0.5) is 24.0 Å². The number of thiazole rings is 1. The lowest BCUT2D eigenvalue weighted by Crippen LogP contribution is -2.06. The summed E-state index contributed by atoms with van der Waals surface area (Å²) in [5.74, 6) is -1.11. The van der Waals surface area contributed by atoms with Crippen LogP contribution in [-0.4, -0.2) is 16.1 Å². The number of carbonyl (C=O) groups is 1. The smallest absolute Gasteiger partial charge is 0.416 e. The number of carboxylic acid groups (broad SMARTS) is 1. The van der Waals surface area contributed by atoms with E-state index in [1.54, 1.807) is 6.92 Å². The van der Waals surface area contributed by atoms with Crippen LogP contribution >= 0.6 is 11.3 Å². The van der Waals surface area contributed by atoms with Crippen molar-refractivity contribution in [3.8, 4) is 0 Å². The second kappa shape index (κ2) is 5.36. The molecular weight excluding hydrogens is 305 g/mol. The Morgan fingerprint density at radius 2 is 2.00 bits per heavy atom. The van der Waals surface area contributed by atoms with E-state index in [2.05, 4.69) is 10.3 Å². The number of aromatic carboxylic acids is 1. The van der Waals surface area contributed by atoms with Gasteiger partial charge in [-0.25, -0.2) is 9.78 Å². The molecule has 1 aromatic carbocycles. The van der Waals surface area contributed by atoms with Gasteiger partial charge in [0, 0.05) is 5.69 Å². The molecule has 8 heteroatoms. The van der Waals surface area contributed by atoms with Gasteiger partial charge in [-0.3, -0.25) is 0 Å². The molecule has 21 heavy (non-hydrogen) atoms. The maximum Gasteiger partial charge on any atom is 0.416 e. The van der Waals surface area contributed by atoms with E-state index in [1.165, 1.54) is 13.0 Å².